The molecule has 770 valence electrons. The van der Waals surface area contributed by atoms with Crippen LogP contribution in [0.25, 0.3) is 56.3 Å². The summed E-state index contributed by atoms with van der Waals surface area (Å²) < 4.78 is 0. The fraction of sp³-hybridized carbons (Fsp3) is 0.459. The van der Waals surface area contributed by atoms with E-state index in [0.717, 1.165) is 146 Å². The summed E-state index contributed by atoms with van der Waals surface area (Å²) in [5, 5.41) is 97.2. The van der Waals surface area contributed by atoms with E-state index in [4.69, 9.17) is 21.7 Å². The lowest BCUT2D eigenvalue weighted by molar-refractivity contribution is 0.0680. The van der Waals surface area contributed by atoms with E-state index < -0.39 is 114 Å². The molecule has 34 nitrogen and oxygen atoms in total. The molecule has 10 aromatic rings. The number of H-pyrrole nitrogens is 5. The summed E-state index contributed by atoms with van der Waals surface area (Å²) in [4.78, 5) is 147. The zero-order chi connectivity index (χ0) is 104. The highest BCUT2D eigenvalue weighted by Crippen LogP contribution is 2.57. The topological polar surface area (TPSA) is 527 Å². The maximum Gasteiger partial charge on any atom is 0.345 e. The molecular formula is C111H136N14O20. The van der Waals surface area contributed by atoms with E-state index in [2.05, 4.69) is 113 Å². The van der Waals surface area contributed by atoms with Crippen LogP contribution in [0, 0.1) is 78.4 Å². The van der Waals surface area contributed by atoms with E-state index in [-0.39, 0.29) is 11.5 Å². The van der Waals surface area contributed by atoms with Crippen LogP contribution in [0.3, 0.4) is 0 Å². The molecule has 15 atom stereocenters. The summed E-state index contributed by atoms with van der Waals surface area (Å²) in [7, 11) is 8.70. The van der Waals surface area contributed by atoms with Gasteiger partial charge in [-0.25, -0.2) is 24.0 Å². The first-order chi connectivity index (χ1) is 69.2. The lowest BCUT2D eigenvalue weighted by Gasteiger charge is -2.37. The number of nitrogens with zero attached hydrogens (tertiary/aromatic N) is 7. The number of carboxylic acid groups (broad SMARTS) is 5. The van der Waals surface area contributed by atoms with Gasteiger partial charge in [0.1, 0.15) is 28.7 Å². The smallest absolute Gasteiger partial charge is 0.345 e. The zero-order valence-corrected chi connectivity index (χ0v) is 84.1. The molecule has 5 aliphatic carbocycles. The Morgan fingerprint density at radius 1 is 0.345 bits per heavy atom. The minimum Gasteiger partial charge on any atom is -0.506 e. The number of aromatic amines is 5. The van der Waals surface area contributed by atoms with E-state index in [0.29, 0.717) is 129 Å². The van der Waals surface area contributed by atoms with Crippen LogP contribution >= 0.6 is 0 Å². The second kappa shape index (κ2) is 42.8. The highest BCUT2D eigenvalue weighted by Gasteiger charge is 2.64. The van der Waals surface area contributed by atoms with Crippen molar-refractivity contribution < 1.29 is 75.0 Å². The van der Waals surface area contributed by atoms with E-state index in [1.165, 1.54) is 76.3 Å². The molecule has 0 unspecified atom stereocenters. The predicted molar refractivity (Wildman–Crippen MR) is 559 cm³/mol. The van der Waals surface area contributed by atoms with Crippen LogP contribution in [0.4, 0.5) is 28.4 Å². The number of piperidine rings is 1. The fourth-order valence-corrected chi connectivity index (χ4v) is 25.4. The van der Waals surface area contributed by atoms with Crippen molar-refractivity contribution >= 4 is 58.3 Å². The molecule has 5 aliphatic heterocycles. The second-order valence-electron chi connectivity index (χ2n) is 41.9. The number of aromatic carboxylic acids is 5. The molecule has 0 radical (unpaired) electrons. The van der Waals surface area contributed by atoms with Gasteiger partial charge in [-0.2, -0.15) is 0 Å². The van der Waals surface area contributed by atoms with Gasteiger partial charge >= 0.3 is 29.8 Å². The average molecular weight is 1990 g/mol. The first-order valence-corrected chi connectivity index (χ1v) is 50.8. The van der Waals surface area contributed by atoms with Gasteiger partial charge in [0, 0.05) is 157 Å². The summed E-state index contributed by atoms with van der Waals surface area (Å²) >= 11 is 0. The molecule has 10 aliphatic rings. The molecule has 34 heteroatoms. The first-order valence-electron chi connectivity index (χ1n) is 50.8. The van der Waals surface area contributed by atoms with Crippen LogP contribution in [-0.4, -0.2) is 233 Å². The number of fused-ring (bicyclic) bond motifs is 5. The third-order valence-electron chi connectivity index (χ3n) is 33.5. The standard InChI is InChI=1S/C24H31N3O4.C23H29N3O4.C23H28N2O4.C22H27N3O4.C19H21N3O4/c1-4-17-21(25-23(29)20(22(17)28)24(30)31)14-8-10-16(11-9-14)27-12-15-6-5-7-19(26(2)3)18(15)13-27;1-4-16-20(24-22(28)19(21(16)27)23(29)30)13-5-8-15(9-6-13)26-11-14-7-10-18(25(2)3)17(14)12-26;1-3-14-5-4-6-16-11-25(12-18(14)16)17-9-7-15(8-10-17)20-13(2)21(26)19(23(28)29)22(27)24-20;1-2-15-19(24-21(27)18(20(15)26)22(28)29)12-6-8-14(9-7-12)25-10-13-4-3-5-17(23)16(13)11-25;1-9-14(21-17(24)13(15(9)23)18(25)26)10-3-5-11(6-4-10)22-7-12-16(20)19(12,2)8-22/h8-11,15,18-19H,4-7,12-13H2,1-3H3,(H,30,31)(H2,25,28,29);5-6,8-9,14,17-18H,4,7,10-12H2,1-3H3,(H,29,30)(H2,24,27,28);7-10,14,16,18H,3-6,11-12H2,1-2H3,(H,28,29)(H2,24,26,27);6-9,13,16-17H,2-5,10-11,23H2,1H3,(H,28,29)(H2,24,26,27);3-6,12,16H,7-8,20H2,1-2H3,(H,25,26)(H2,21,23,24)/t15-,18+,19-;14-,17+,18-;14-,16-,18-;13-,16+,17-;12-,16-,19-/m11110/s1. The van der Waals surface area contributed by atoms with Crippen molar-refractivity contribution in [2.75, 3.05) is 118 Å². The van der Waals surface area contributed by atoms with E-state index in [9.17, 15) is 88.8 Å². The van der Waals surface area contributed by atoms with E-state index >= 15 is 0 Å². The highest BCUT2D eigenvalue weighted by atomic mass is 16.4. The SMILES string of the molecule is CC[C@@H]1CCC[C@@H]2CN(c3ccc(-c4[nH]c(=O)c(C(=O)O)c(O)c4C)cc3)C[C@H]12.CCc1c(-c2ccc(N3C[C@H]4CCC[C@@H](N(C)C)[C@H]4C3)cc2)[nH]c(=O)c(C(=O)O)c1O.CCc1c(-c2ccc(N3C[C@H]4CCC[C@@H](N)[C@H]4C3)cc2)[nH]c(=O)c(C(=O)O)c1O.CCc1c(-c2ccc(N3C[C@H]4CC[C@@H](N(C)C)[C@H]4C3)cc2)[nH]c(=O)c(C(=O)O)c1O.Cc1c(-c2ccc(N3C[C@H]4[C@H](N)[C@@]4(C)C3)cc2)[nH]c(=O)c(C(=O)O)c1O. The number of nitrogens with two attached hydrogens (primary N) is 2. The summed E-state index contributed by atoms with van der Waals surface area (Å²) in [5.41, 5.74) is 19.2. The lowest BCUT2D eigenvalue weighted by Crippen LogP contribution is -2.41. The van der Waals surface area contributed by atoms with Crippen molar-refractivity contribution in [1.82, 2.24) is 34.7 Å². The number of hydrogen-bond donors (Lipinski definition) is 17. The molecule has 20 rings (SSSR count). The number of aromatic hydroxyl groups is 5. The number of carboxylic acids is 5. The van der Waals surface area contributed by atoms with Crippen molar-refractivity contribution in [3.05, 3.63) is 229 Å². The molecular weight excluding hydrogens is 1850 g/mol. The van der Waals surface area contributed by atoms with Gasteiger partial charge in [0.05, 0.1) is 28.5 Å². The number of nitrogens with one attached hydrogen (secondary N) is 5. The molecule has 0 bridgehead atoms. The van der Waals surface area contributed by atoms with Crippen LogP contribution in [0.1, 0.15) is 191 Å². The average Bonchev–Trinajstić information content (AvgIpc) is 1.54. The maximum absolute atomic E-state index is 12.2. The van der Waals surface area contributed by atoms with E-state index in [1.807, 2.05) is 130 Å². The van der Waals surface area contributed by atoms with Gasteiger partial charge in [-0.3, -0.25) is 24.0 Å². The summed E-state index contributed by atoms with van der Waals surface area (Å²) in [6.07, 6.45) is 16.4. The van der Waals surface area contributed by atoms with Crippen molar-refractivity contribution in [2.45, 2.75) is 169 Å². The van der Waals surface area contributed by atoms with Gasteiger partial charge in [-0.15, -0.1) is 0 Å². The summed E-state index contributed by atoms with van der Waals surface area (Å²) in [6, 6.07) is 41.2. The lowest BCUT2D eigenvalue weighted by atomic mass is 9.73. The monoisotopic (exact) mass is 1990 g/mol. The molecule has 5 saturated carbocycles. The molecule has 10 fully saturated rings. The number of anilines is 5. The summed E-state index contributed by atoms with van der Waals surface area (Å²) in [5.74, 6) is -2.51. The molecule has 0 spiro atoms. The van der Waals surface area contributed by atoms with Crippen LogP contribution in [0.15, 0.2) is 145 Å². The molecule has 19 N–H and O–H groups in total. The van der Waals surface area contributed by atoms with Gasteiger partial charge in [-0.05, 0) is 248 Å². The Morgan fingerprint density at radius 2 is 0.621 bits per heavy atom. The van der Waals surface area contributed by atoms with Crippen molar-refractivity contribution in [1.29, 1.82) is 0 Å². The van der Waals surface area contributed by atoms with Gasteiger partial charge < -0.3 is 122 Å². The molecule has 5 saturated heterocycles. The third kappa shape index (κ3) is 20.6. The van der Waals surface area contributed by atoms with Crippen molar-refractivity contribution in [3.8, 4) is 85.0 Å². The van der Waals surface area contributed by atoms with Gasteiger partial charge in [-0.1, -0.05) is 127 Å². The van der Waals surface area contributed by atoms with Crippen LogP contribution in [-0.2, 0) is 19.3 Å². The Kier molecular flexibility index (Phi) is 30.6. The minimum atomic E-state index is -1.45. The Hall–Kier alpha value is -14.0. The number of hydrogen-bond acceptors (Lipinski definition) is 24. The molecule has 5 aromatic carbocycles. The van der Waals surface area contributed by atoms with Crippen molar-refractivity contribution in [3.63, 3.8) is 0 Å². The second-order valence-corrected chi connectivity index (χ2v) is 41.9. The predicted octanol–water partition coefficient (Wildman–Crippen LogP) is 14.1. The quantitative estimate of drug-likeness (QED) is 0.0318. The van der Waals surface area contributed by atoms with Crippen molar-refractivity contribution in [2.24, 2.45) is 76.1 Å². The van der Waals surface area contributed by atoms with Crippen LogP contribution in [0.2, 0.25) is 0 Å². The Balaban J connectivity index is 0.000000130. The van der Waals surface area contributed by atoms with E-state index in [1.54, 1.807) is 13.8 Å². The van der Waals surface area contributed by atoms with Gasteiger partial charge in [0.2, 0.25) is 0 Å². The molecule has 0 amide bonds. The first kappa shape index (κ1) is 104. The molecule has 5 aromatic heterocycles. The number of pyridine rings is 5. The largest absolute Gasteiger partial charge is 0.506 e. The van der Waals surface area contributed by atoms with Crippen LogP contribution < -0.4 is 63.8 Å². The molecule has 10 heterocycles. The summed E-state index contributed by atoms with van der Waals surface area (Å²) in [6.45, 7) is 23.5. The fourth-order valence-electron chi connectivity index (χ4n) is 25.4. The number of carbonyl (C=O) groups is 5. The Bertz CT molecular complexity index is 6860. The van der Waals surface area contributed by atoms with Crippen LogP contribution in [0.5, 0.6) is 28.7 Å². The third-order valence-corrected chi connectivity index (χ3v) is 33.5. The number of aromatic nitrogens is 5. The van der Waals surface area contributed by atoms with Gasteiger partial charge in [0.25, 0.3) is 27.8 Å². The van der Waals surface area contributed by atoms with Gasteiger partial charge in [0.15, 0.2) is 27.8 Å². The zero-order valence-electron chi connectivity index (χ0n) is 84.1. The Morgan fingerprint density at radius 3 is 0.931 bits per heavy atom. The Labute approximate surface area is 840 Å². The minimum absolute atomic E-state index is 0.207. The number of benzene rings is 5. The maximum atomic E-state index is 12.2. The normalized spacial score (nSPS) is 24.1. The number of rotatable bonds is 21. The highest BCUT2D eigenvalue weighted by molar-refractivity contribution is 5.95. The molecule has 145 heavy (non-hydrogen) atoms.